The molecule has 11 nitrogen and oxygen atoms in total. The Balaban J connectivity index is 1.89. The highest BCUT2D eigenvalue weighted by Crippen LogP contribution is 2.14. The van der Waals surface area contributed by atoms with Gasteiger partial charge in [-0.25, -0.2) is 16.8 Å². The minimum atomic E-state index is -3.93. The van der Waals surface area contributed by atoms with Crippen molar-refractivity contribution in [1.29, 1.82) is 0 Å². The van der Waals surface area contributed by atoms with Gasteiger partial charge in [-0.2, -0.15) is 8.61 Å². The van der Waals surface area contributed by atoms with E-state index in [2.05, 4.69) is 15.8 Å². The first-order valence-corrected chi connectivity index (χ1v) is 11.8. The molecule has 0 saturated carbocycles. The van der Waals surface area contributed by atoms with Crippen LogP contribution in [-0.4, -0.2) is 69.4 Å². The summed E-state index contributed by atoms with van der Waals surface area (Å²) in [6, 6.07) is 8.91. The predicted molar refractivity (Wildman–Crippen MR) is 111 cm³/mol. The number of amides is 2. The van der Waals surface area contributed by atoms with E-state index in [1.165, 1.54) is 44.6 Å². The van der Waals surface area contributed by atoms with Crippen molar-refractivity contribution in [2.24, 2.45) is 0 Å². The second kappa shape index (κ2) is 9.96. The van der Waals surface area contributed by atoms with Crippen LogP contribution in [0.15, 0.2) is 58.6 Å². The number of hydrazine groups is 1. The van der Waals surface area contributed by atoms with Gasteiger partial charge in [0.1, 0.15) is 4.90 Å². The van der Waals surface area contributed by atoms with E-state index in [-0.39, 0.29) is 9.79 Å². The number of hydrogen-bond acceptors (Lipinski definition) is 7. The summed E-state index contributed by atoms with van der Waals surface area (Å²) >= 11 is 0. The maximum absolute atomic E-state index is 12.5. The summed E-state index contributed by atoms with van der Waals surface area (Å²) in [5, 5.41) is 0. The Morgan fingerprint density at radius 2 is 1.32 bits per heavy atom. The van der Waals surface area contributed by atoms with Gasteiger partial charge in [0.05, 0.1) is 18.0 Å². The Kier molecular flexibility index (Phi) is 7.84. The lowest BCUT2D eigenvalue weighted by molar-refractivity contribution is -0.128. The van der Waals surface area contributed by atoms with Crippen LogP contribution in [0.5, 0.6) is 0 Å². The van der Waals surface area contributed by atoms with Crippen LogP contribution in [0.3, 0.4) is 0 Å². The molecular weight excluding hydrogens is 446 g/mol. The van der Waals surface area contributed by atoms with Crippen molar-refractivity contribution in [2.75, 3.05) is 27.2 Å². The zero-order valence-electron chi connectivity index (χ0n) is 17.1. The van der Waals surface area contributed by atoms with E-state index in [0.717, 1.165) is 20.4 Å². The fourth-order valence-corrected chi connectivity index (χ4v) is 4.58. The highest BCUT2D eigenvalue weighted by atomic mass is 32.2. The maximum atomic E-state index is 12.5. The Morgan fingerprint density at radius 3 is 1.77 bits per heavy atom. The van der Waals surface area contributed by atoms with Crippen molar-refractivity contribution >= 4 is 31.9 Å². The summed E-state index contributed by atoms with van der Waals surface area (Å²) in [5.41, 5.74) is 5.01. The monoisotopic (exact) mass is 469 g/mol. The Bertz CT molecular complexity index is 1140. The molecule has 0 atom stereocenters. The molecule has 1 aromatic carbocycles. The molecule has 168 valence electrons. The van der Waals surface area contributed by atoms with Crippen molar-refractivity contribution in [3.05, 3.63) is 54.4 Å². The zero-order chi connectivity index (χ0) is 23.2. The highest BCUT2D eigenvalue weighted by molar-refractivity contribution is 7.89. The lowest BCUT2D eigenvalue weighted by Gasteiger charge is -2.18. The third-order valence-electron chi connectivity index (χ3n) is 4.15. The molecule has 13 heteroatoms. The molecule has 0 aliphatic heterocycles. The standard InChI is InChI=1S/C18H23N5O6S2/c1-14-6-8-15(9-7-14)30(26,27)22(2)12-17(24)20-21-18(25)13-23(3)31(28,29)16-5-4-10-19-11-16/h4-11H,12-13H2,1-3H3,(H,20,24)(H,21,25). The van der Waals surface area contributed by atoms with Gasteiger partial charge >= 0.3 is 0 Å². The fourth-order valence-electron chi connectivity index (χ4n) is 2.36. The average Bonchev–Trinajstić information content (AvgIpc) is 2.73. The minimum Gasteiger partial charge on any atom is -0.272 e. The van der Waals surface area contributed by atoms with Crippen molar-refractivity contribution in [3.63, 3.8) is 0 Å². The topological polar surface area (TPSA) is 146 Å². The number of hydrogen-bond donors (Lipinski definition) is 2. The molecular formula is C18H23N5O6S2. The summed E-state index contributed by atoms with van der Waals surface area (Å²) in [4.78, 5) is 27.7. The van der Waals surface area contributed by atoms with Gasteiger partial charge in [-0.05, 0) is 31.2 Å². The third kappa shape index (κ3) is 6.30. The van der Waals surface area contributed by atoms with Crippen LogP contribution in [0.4, 0.5) is 0 Å². The predicted octanol–water partition coefficient (Wildman–Crippen LogP) is -0.521. The highest BCUT2D eigenvalue weighted by Gasteiger charge is 2.25. The number of pyridine rings is 1. The molecule has 0 saturated heterocycles. The van der Waals surface area contributed by atoms with E-state index in [1.54, 1.807) is 12.1 Å². The Hall–Kier alpha value is -2.87. The van der Waals surface area contributed by atoms with E-state index in [0.29, 0.717) is 0 Å². The number of benzene rings is 1. The second-order valence-electron chi connectivity index (χ2n) is 6.62. The summed E-state index contributed by atoms with van der Waals surface area (Å²) in [5.74, 6) is -1.61. The number of nitrogens with zero attached hydrogens (tertiary/aromatic N) is 3. The molecule has 2 rings (SSSR count). The van der Waals surface area contributed by atoms with Gasteiger partial charge in [-0.1, -0.05) is 17.7 Å². The van der Waals surface area contributed by atoms with Gasteiger partial charge < -0.3 is 0 Å². The quantitative estimate of drug-likeness (QED) is 0.495. The first kappa shape index (κ1) is 24.4. The molecule has 1 aromatic heterocycles. The van der Waals surface area contributed by atoms with E-state index >= 15 is 0 Å². The molecule has 0 unspecified atom stereocenters. The van der Waals surface area contributed by atoms with Crippen LogP contribution < -0.4 is 10.9 Å². The maximum Gasteiger partial charge on any atom is 0.253 e. The number of aryl methyl sites for hydroxylation is 1. The van der Waals surface area contributed by atoms with Crippen LogP contribution in [0, 0.1) is 6.92 Å². The molecule has 31 heavy (non-hydrogen) atoms. The van der Waals surface area contributed by atoms with Crippen LogP contribution in [0.2, 0.25) is 0 Å². The molecule has 0 aliphatic carbocycles. The molecule has 2 N–H and O–H groups in total. The lowest BCUT2D eigenvalue weighted by Crippen LogP contribution is -2.49. The van der Waals surface area contributed by atoms with E-state index in [9.17, 15) is 26.4 Å². The molecule has 2 aromatic rings. The molecule has 2 amide bonds. The van der Waals surface area contributed by atoms with Crippen LogP contribution in [0.1, 0.15) is 5.56 Å². The van der Waals surface area contributed by atoms with Crippen molar-refractivity contribution < 1.29 is 26.4 Å². The number of aromatic nitrogens is 1. The number of likely N-dealkylation sites (N-methyl/N-ethyl adjacent to an activating group) is 2. The molecule has 0 bridgehead atoms. The SMILES string of the molecule is Cc1ccc(S(=O)(=O)N(C)CC(=O)NNC(=O)CN(C)S(=O)(=O)c2cccnc2)cc1. The molecule has 0 aliphatic rings. The van der Waals surface area contributed by atoms with Crippen LogP contribution >= 0.6 is 0 Å². The van der Waals surface area contributed by atoms with Gasteiger partial charge in [0.15, 0.2) is 0 Å². The third-order valence-corrected chi connectivity index (χ3v) is 7.75. The minimum absolute atomic E-state index is 0.0275. The van der Waals surface area contributed by atoms with Crippen molar-refractivity contribution in [2.45, 2.75) is 16.7 Å². The number of nitrogens with one attached hydrogen (secondary N) is 2. The van der Waals surface area contributed by atoms with Crippen LogP contribution in [0.25, 0.3) is 0 Å². The normalized spacial score (nSPS) is 12.0. The Morgan fingerprint density at radius 1 is 0.839 bits per heavy atom. The van der Waals surface area contributed by atoms with E-state index in [4.69, 9.17) is 0 Å². The Labute approximate surface area is 181 Å². The molecule has 0 spiro atoms. The summed E-state index contributed by atoms with van der Waals surface area (Å²) in [7, 11) is -5.40. The first-order valence-electron chi connectivity index (χ1n) is 8.91. The molecule has 1 heterocycles. The van der Waals surface area contributed by atoms with Gasteiger partial charge in [-0.15, -0.1) is 0 Å². The average molecular weight is 470 g/mol. The molecule has 0 fully saturated rings. The van der Waals surface area contributed by atoms with Gasteiger partial charge in [-0.3, -0.25) is 25.4 Å². The summed E-state index contributed by atoms with van der Waals surface area (Å²) < 4.78 is 51.3. The molecule has 0 radical (unpaired) electrons. The summed E-state index contributed by atoms with van der Waals surface area (Å²) in [6.45, 7) is 0.685. The number of carbonyl (C=O) groups excluding carboxylic acids is 2. The summed E-state index contributed by atoms with van der Waals surface area (Å²) in [6.07, 6.45) is 2.56. The number of carbonyl (C=O) groups is 2. The second-order valence-corrected chi connectivity index (χ2v) is 10.7. The first-order chi connectivity index (χ1) is 14.4. The largest absolute Gasteiger partial charge is 0.272 e. The number of sulfonamides is 2. The van der Waals surface area contributed by atoms with Crippen molar-refractivity contribution in [1.82, 2.24) is 24.4 Å². The van der Waals surface area contributed by atoms with Crippen LogP contribution in [-0.2, 0) is 29.6 Å². The number of rotatable bonds is 8. The van der Waals surface area contributed by atoms with Gasteiger partial charge in [0.2, 0.25) is 20.0 Å². The van der Waals surface area contributed by atoms with Crippen molar-refractivity contribution in [3.8, 4) is 0 Å². The van der Waals surface area contributed by atoms with E-state index in [1.807, 2.05) is 6.92 Å². The smallest absolute Gasteiger partial charge is 0.253 e. The lowest BCUT2D eigenvalue weighted by atomic mass is 10.2. The fraction of sp³-hybridized carbons (Fsp3) is 0.278. The van der Waals surface area contributed by atoms with E-state index < -0.39 is 45.0 Å². The van der Waals surface area contributed by atoms with Gasteiger partial charge in [0.25, 0.3) is 11.8 Å². The zero-order valence-corrected chi connectivity index (χ0v) is 18.8. The van der Waals surface area contributed by atoms with Gasteiger partial charge in [0, 0.05) is 26.5 Å².